The summed E-state index contributed by atoms with van der Waals surface area (Å²) < 4.78 is 15.5. The maximum Gasteiger partial charge on any atom is 0.408 e. The number of benzene rings is 1. The zero-order chi connectivity index (χ0) is 18.3. The summed E-state index contributed by atoms with van der Waals surface area (Å²) in [5.74, 6) is 0.140. The lowest BCUT2D eigenvalue weighted by molar-refractivity contribution is -0.139. The third kappa shape index (κ3) is 6.36. The van der Waals surface area contributed by atoms with Gasteiger partial charge in [0.15, 0.2) is 0 Å². The quantitative estimate of drug-likeness (QED) is 0.793. The first-order valence-electron chi connectivity index (χ1n) is 7.59. The van der Waals surface area contributed by atoms with E-state index in [1.165, 1.54) is 7.11 Å². The van der Waals surface area contributed by atoms with Gasteiger partial charge in [0.05, 0.1) is 14.2 Å². The summed E-state index contributed by atoms with van der Waals surface area (Å²) >= 11 is 0. The fourth-order valence-electron chi connectivity index (χ4n) is 2.07. The molecule has 0 radical (unpaired) electrons. The van der Waals surface area contributed by atoms with Crippen molar-refractivity contribution in [3.05, 3.63) is 23.8 Å². The molecule has 0 heterocycles. The van der Waals surface area contributed by atoms with E-state index in [1.54, 1.807) is 40.0 Å². The number of hydrogen-bond donors (Lipinski definition) is 2. The summed E-state index contributed by atoms with van der Waals surface area (Å²) in [4.78, 5) is 23.1. The second-order valence-electron chi connectivity index (χ2n) is 6.25. The molecule has 1 atom stereocenters. The third-order valence-corrected chi connectivity index (χ3v) is 3.19. The van der Waals surface area contributed by atoms with Gasteiger partial charge >= 0.3 is 12.1 Å². The Balaban J connectivity index is 2.74. The molecule has 7 nitrogen and oxygen atoms in total. The Hall–Kier alpha value is -2.44. The largest absolute Gasteiger partial charge is 0.497 e. The highest BCUT2D eigenvalue weighted by molar-refractivity contribution is 5.80. The van der Waals surface area contributed by atoms with Crippen molar-refractivity contribution in [2.75, 3.05) is 14.2 Å². The van der Waals surface area contributed by atoms with Gasteiger partial charge in [0.1, 0.15) is 23.1 Å². The zero-order valence-electron chi connectivity index (χ0n) is 14.7. The van der Waals surface area contributed by atoms with E-state index >= 15 is 0 Å². The molecule has 0 saturated heterocycles. The molecule has 134 valence electrons. The molecular weight excluding hydrogens is 314 g/mol. The Morgan fingerprint density at radius 3 is 2.38 bits per heavy atom. The summed E-state index contributed by atoms with van der Waals surface area (Å²) in [5.41, 5.74) is 0.141. The average Bonchev–Trinajstić information content (AvgIpc) is 2.49. The maximum absolute atomic E-state index is 11.8. The van der Waals surface area contributed by atoms with Gasteiger partial charge in [-0.1, -0.05) is 6.07 Å². The standard InChI is InChI=1S/C17H25NO6/c1-17(2,3)24-16(21)18-13(15(19)20)9-7-11-6-8-12(22-4)10-14(11)23-5/h6,8,10,13H,7,9H2,1-5H3,(H,18,21)(H,19,20)/t13-/m1/s1. The molecule has 0 spiro atoms. The molecule has 2 N–H and O–H groups in total. The van der Waals surface area contributed by atoms with Gasteiger partial charge in [-0.2, -0.15) is 0 Å². The number of carboxylic acid groups (broad SMARTS) is 1. The number of aryl methyl sites for hydroxylation is 1. The van der Waals surface area contributed by atoms with Crippen LogP contribution in [0.25, 0.3) is 0 Å². The van der Waals surface area contributed by atoms with Gasteiger partial charge in [0, 0.05) is 6.07 Å². The number of aliphatic carboxylic acids is 1. The van der Waals surface area contributed by atoms with Crippen LogP contribution in [0.3, 0.4) is 0 Å². The molecule has 0 unspecified atom stereocenters. The molecule has 0 aliphatic carbocycles. The molecule has 0 bridgehead atoms. The van der Waals surface area contributed by atoms with Crippen molar-refractivity contribution < 1.29 is 28.9 Å². The average molecular weight is 339 g/mol. The van der Waals surface area contributed by atoms with Crippen LogP contribution < -0.4 is 14.8 Å². The third-order valence-electron chi connectivity index (χ3n) is 3.19. The number of carbonyl (C=O) groups is 2. The van der Waals surface area contributed by atoms with Crippen LogP contribution in [0.5, 0.6) is 11.5 Å². The minimum atomic E-state index is -1.12. The first kappa shape index (κ1) is 19.6. The smallest absolute Gasteiger partial charge is 0.408 e. The highest BCUT2D eigenvalue weighted by Gasteiger charge is 2.24. The van der Waals surface area contributed by atoms with Crippen LogP contribution in [0.4, 0.5) is 4.79 Å². The van der Waals surface area contributed by atoms with Gasteiger partial charge in [-0.25, -0.2) is 9.59 Å². The Kier molecular flexibility index (Phi) is 6.88. The van der Waals surface area contributed by atoms with E-state index < -0.39 is 23.7 Å². The summed E-state index contributed by atoms with van der Waals surface area (Å²) in [5, 5.41) is 11.7. The minimum absolute atomic E-state index is 0.206. The molecule has 1 aromatic carbocycles. The fraction of sp³-hybridized carbons (Fsp3) is 0.529. The molecule has 1 aromatic rings. The van der Waals surface area contributed by atoms with E-state index in [0.29, 0.717) is 17.9 Å². The molecule has 24 heavy (non-hydrogen) atoms. The fourth-order valence-corrected chi connectivity index (χ4v) is 2.07. The van der Waals surface area contributed by atoms with Gasteiger partial charge in [0.2, 0.25) is 0 Å². The van der Waals surface area contributed by atoms with E-state index in [0.717, 1.165) is 5.56 Å². The first-order valence-corrected chi connectivity index (χ1v) is 7.59. The van der Waals surface area contributed by atoms with Gasteiger partial charge in [-0.3, -0.25) is 0 Å². The molecule has 0 saturated carbocycles. The highest BCUT2D eigenvalue weighted by Crippen LogP contribution is 2.26. The Morgan fingerprint density at radius 1 is 1.21 bits per heavy atom. The minimum Gasteiger partial charge on any atom is -0.497 e. The predicted molar refractivity (Wildman–Crippen MR) is 88.7 cm³/mol. The maximum atomic E-state index is 11.8. The van der Waals surface area contributed by atoms with E-state index in [9.17, 15) is 14.7 Å². The van der Waals surface area contributed by atoms with Crippen LogP contribution in [0.1, 0.15) is 32.8 Å². The summed E-state index contributed by atoms with van der Waals surface area (Å²) in [6.07, 6.45) is -0.131. The number of carbonyl (C=O) groups excluding carboxylic acids is 1. The first-order chi connectivity index (χ1) is 11.2. The van der Waals surface area contributed by atoms with Gasteiger partial charge < -0.3 is 24.6 Å². The Labute approximate surface area is 141 Å². The van der Waals surface area contributed by atoms with Gasteiger partial charge in [0.25, 0.3) is 0 Å². The SMILES string of the molecule is COc1ccc(CC[C@@H](NC(=O)OC(C)(C)C)C(=O)O)c(OC)c1. The molecule has 0 fully saturated rings. The monoisotopic (exact) mass is 339 g/mol. The topological polar surface area (TPSA) is 94.1 Å². The van der Waals surface area contributed by atoms with Gasteiger partial charge in [-0.15, -0.1) is 0 Å². The highest BCUT2D eigenvalue weighted by atomic mass is 16.6. The van der Waals surface area contributed by atoms with Crippen LogP contribution >= 0.6 is 0 Å². The van der Waals surface area contributed by atoms with Crippen molar-refractivity contribution in [2.24, 2.45) is 0 Å². The van der Waals surface area contributed by atoms with E-state index in [4.69, 9.17) is 14.2 Å². The molecule has 0 aromatic heterocycles. The number of rotatable bonds is 7. The van der Waals surface area contributed by atoms with Crippen LogP contribution in [0, 0.1) is 0 Å². The van der Waals surface area contributed by atoms with Gasteiger partial charge in [-0.05, 0) is 45.2 Å². The van der Waals surface area contributed by atoms with Crippen molar-refractivity contribution in [1.82, 2.24) is 5.32 Å². The van der Waals surface area contributed by atoms with Crippen molar-refractivity contribution >= 4 is 12.1 Å². The second-order valence-corrected chi connectivity index (χ2v) is 6.25. The lowest BCUT2D eigenvalue weighted by atomic mass is 10.0. The molecule has 1 amide bonds. The lowest BCUT2D eigenvalue weighted by Gasteiger charge is -2.22. The summed E-state index contributed by atoms with van der Waals surface area (Å²) in [7, 11) is 3.09. The molecule has 0 aliphatic rings. The normalized spacial score (nSPS) is 12.2. The summed E-state index contributed by atoms with van der Waals surface area (Å²) in [6.45, 7) is 5.14. The van der Waals surface area contributed by atoms with E-state index in [-0.39, 0.29) is 6.42 Å². The predicted octanol–water partition coefficient (Wildman–Crippen LogP) is 2.61. The Morgan fingerprint density at radius 2 is 1.88 bits per heavy atom. The second kappa shape index (κ2) is 8.42. The van der Waals surface area contributed by atoms with E-state index in [1.807, 2.05) is 6.07 Å². The molecule has 7 heteroatoms. The number of hydrogen-bond acceptors (Lipinski definition) is 5. The van der Waals surface area contributed by atoms with E-state index in [2.05, 4.69) is 5.32 Å². The lowest BCUT2D eigenvalue weighted by Crippen LogP contribution is -2.43. The Bertz CT molecular complexity index is 579. The molecule has 0 aliphatic heterocycles. The number of methoxy groups -OCH3 is 2. The number of nitrogens with one attached hydrogen (secondary N) is 1. The van der Waals surface area contributed by atoms with Crippen molar-refractivity contribution in [3.63, 3.8) is 0 Å². The van der Waals surface area contributed by atoms with Crippen LogP contribution in [0.2, 0.25) is 0 Å². The van der Waals surface area contributed by atoms with Crippen molar-refractivity contribution in [3.8, 4) is 11.5 Å². The molecular formula is C17H25NO6. The van der Waals surface area contributed by atoms with Crippen LogP contribution in [-0.2, 0) is 16.0 Å². The van der Waals surface area contributed by atoms with Crippen LogP contribution in [-0.4, -0.2) is 43.0 Å². The molecule has 1 rings (SSSR count). The number of ether oxygens (including phenoxy) is 3. The number of amides is 1. The van der Waals surface area contributed by atoms with Crippen LogP contribution in [0.15, 0.2) is 18.2 Å². The number of carboxylic acids is 1. The zero-order valence-corrected chi connectivity index (χ0v) is 14.7. The summed E-state index contributed by atoms with van der Waals surface area (Å²) in [6, 6.07) is 4.26. The van der Waals surface area contributed by atoms with Crippen molar-refractivity contribution in [2.45, 2.75) is 45.3 Å². The number of alkyl carbamates (subject to hydrolysis) is 1. The van der Waals surface area contributed by atoms with Crippen molar-refractivity contribution in [1.29, 1.82) is 0 Å².